The van der Waals surface area contributed by atoms with Gasteiger partial charge in [0, 0.05) is 5.69 Å². The van der Waals surface area contributed by atoms with E-state index in [2.05, 4.69) is 10.3 Å². The van der Waals surface area contributed by atoms with E-state index >= 15 is 0 Å². The van der Waals surface area contributed by atoms with Gasteiger partial charge >= 0.3 is 6.09 Å². The summed E-state index contributed by atoms with van der Waals surface area (Å²) in [4.78, 5) is 39.3. The van der Waals surface area contributed by atoms with Gasteiger partial charge in [0.2, 0.25) is 12.0 Å². The van der Waals surface area contributed by atoms with Gasteiger partial charge in [-0.25, -0.2) is 9.59 Å². The van der Waals surface area contributed by atoms with Crippen LogP contribution in [0.15, 0.2) is 23.2 Å². The van der Waals surface area contributed by atoms with Crippen molar-refractivity contribution < 1.29 is 19.1 Å². The van der Waals surface area contributed by atoms with Crippen molar-refractivity contribution in [1.82, 2.24) is 4.90 Å². The number of fused-ring (bicyclic) bond motifs is 1. The van der Waals surface area contributed by atoms with Crippen molar-refractivity contribution in [2.75, 3.05) is 11.9 Å². The highest BCUT2D eigenvalue weighted by Crippen LogP contribution is 2.26. The number of nitrogens with zero attached hydrogens (tertiary/aromatic N) is 2. The van der Waals surface area contributed by atoms with Gasteiger partial charge in [0.05, 0.1) is 12.2 Å². The van der Waals surface area contributed by atoms with Gasteiger partial charge in [-0.15, -0.1) is 0 Å². The number of rotatable bonds is 1. The summed E-state index contributed by atoms with van der Waals surface area (Å²) >= 11 is 0. The zero-order valence-electron chi connectivity index (χ0n) is 12.7. The number of ether oxygens (including phenoxy) is 1. The zero-order valence-corrected chi connectivity index (χ0v) is 12.7. The lowest BCUT2D eigenvalue weighted by atomic mass is 10.1. The highest BCUT2D eigenvalue weighted by molar-refractivity contribution is 5.95. The summed E-state index contributed by atoms with van der Waals surface area (Å²) in [5.41, 5.74) is 1.02. The largest absolute Gasteiger partial charge is 0.444 e. The van der Waals surface area contributed by atoms with Crippen LogP contribution in [0.3, 0.4) is 0 Å². The smallest absolute Gasteiger partial charge is 0.411 e. The van der Waals surface area contributed by atoms with Gasteiger partial charge in [-0.2, -0.15) is 4.99 Å². The first kappa shape index (κ1) is 15.7. The molecule has 0 unspecified atom stereocenters. The summed E-state index contributed by atoms with van der Waals surface area (Å²) in [6.45, 7) is 5.36. The quantitative estimate of drug-likeness (QED) is 0.637. The maximum absolute atomic E-state index is 12.2. The minimum Gasteiger partial charge on any atom is -0.444 e. The lowest BCUT2D eigenvalue weighted by Crippen LogP contribution is -2.39. The molecule has 1 N–H and O–H groups in total. The van der Waals surface area contributed by atoms with E-state index in [1.165, 1.54) is 11.0 Å². The summed E-state index contributed by atoms with van der Waals surface area (Å²) in [6.07, 6.45) is 0.893. The number of anilines is 1. The molecule has 7 nitrogen and oxygen atoms in total. The Kier molecular flexibility index (Phi) is 4.28. The van der Waals surface area contributed by atoms with Crippen LogP contribution in [0.2, 0.25) is 0 Å². The van der Waals surface area contributed by atoms with E-state index in [1.54, 1.807) is 39.0 Å². The van der Waals surface area contributed by atoms with Gasteiger partial charge in [-0.3, -0.25) is 9.69 Å². The van der Waals surface area contributed by atoms with E-state index in [-0.39, 0.29) is 19.0 Å². The summed E-state index contributed by atoms with van der Waals surface area (Å²) in [5.74, 6) is -0.309. The van der Waals surface area contributed by atoms with Crippen LogP contribution in [0.4, 0.5) is 16.2 Å². The fraction of sp³-hybridized carbons (Fsp3) is 0.400. The van der Waals surface area contributed by atoms with Crippen molar-refractivity contribution in [2.24, 2.45) is 4.99 Å². The Bertz CT molecular complexity index is 657. The maximum Gasteiger partial charge on any atom is 0.411 e. The van der Waals surface area contributed by atoms with E-state index in [0.29, 0.717) is 16.9 Å². The van der Waals surface area contributed by atoms with Crippen LogP contribution < -0.4 is 5.32 Å². The Labute approximate surface area is 128 Å². The third-order valence-electron chi connectivity index (χ3n) is 2.89. The molecule has 0 bridgehead atoms. The van der Waals surface area contributed by atoms with E-state index in [9.17, 15) is 14.4 Å². The summed E-state index contributed by atoms with van der Waals surface area (Å²) in [6, 6.07) is 4.86. The Morgan fingerprint density at radius 1 is 1.36 bits per heavy atom. The molecule has 0 aromatic heterocycles. The molecule has 0 saturated heterocycles. The topological polar surface area (TPSA) is 88.1 Å². The molecule has 116 valence electrons. The molecular formula is C15H17N3O4. The predicted octanol–water partition coefficient (Wildman–Crippen LogP) is 2.34. The van der Waals surface area contributed by atoms with E-state index in [0.717, 1.165) is 0 Å². The average Bonchev–Trinajstić information content (AvgIpc) is 2.55. The predicted molar refractivity (Wildman–Crippen MR) is 79.5 cm³/mol. The van der Waals surface area contributed by atoms with Crippen LogP contribution in [0.5, 0.6) is 0 Å². The second-order valence-electron chi connectivity index (χ2n) is 5.93. The monoisotopic (exact) mass is 303 g/mol. The van der Waals surface area contributed by atoms with Crippen molar-refractivity contribution in [3.63, 3.8) is 0 Å². The van der Waals surface area contributed by atoms with Crippen molar-refractivity contribution in [2.45, 2.75) is 32.9 Å². The molecule has 2 amide bonds. The molecule has 22 heavy (non-hydrogen) atoms. The van der Waals surface area contributed by atoms with Crippen molar-refractivity contribution in [3.05, 3.63) is 23.8 Å². The van der Waals surface area contributed by atoms with Crippen LogP contribution in [-0.2, 0) is 20.9 Å². The Hall–Kier alpha value is -2.66. The number of amides is 2. The van der Waals surface area contributed by atoms with Gasteiger partial charge in [0.1, 0.15) is 12.1 Å². The first-order chi connectivity index (χ1) is 10.3. The summed E-state index contributed by atoms with van der Waals surface area (Å²) in [5, 5.41) is 2.71. The number of hydrogen-bond donors (Lipinski definition) is 1. The Balaban J connectivity index is 2.29. The van der Waals surface area contributed by atoms with E-state index in [1.807, 2.05) is 0 Å². The molecule has 0 atom stereocenters. The number of aliphatic imine (C=N–C) groups is 1. The number of nitrogens with one attached hydrogen (secondary N) is 1. The molecule has 1 aromatic rings. The van der Waals surface area contributed by atoms with Crippen LogP contribution in [0.25, 0.3) is 0 Å². The number of isocyanates is 1. The molecule has 0 saturated carbocycles. The fourth-order valence-corrected chi connectivity index (χ4v) is 2.04. The average molecular weight is 303 g/mol. The first-order valence-corrected chi connectivity index (χ1v) is 6.77. The lowest BCUT2D eigenvalue weighted by Gasteiger charge is -2.25. The molecule has 2 rings (SSSR count). The lowest BCUT2D eigenvalue weighted by molar-refractivity contribution is -0.117. The third-order valence-corrected chi connectivity index (χ3v) is 2.89. The minimum absolute atomic E-state index is 0.101. The molecule has 1 aromatic carbocycles. The molecule has 0 aliphatic carbocycles. The van der Waals surface area contributed by atoms with E-state index in [4.69, 9.17) is 4.74 Å². The highest BCUT2D eigenvalue weighted by Gasteiger charge is 2.27. The van der Waals surface area contributed by atoms with Gasteiger partial charge in [-0.05, 0) is 44.5 Å². The molecule has 7 heteroatoms. The SMILES string of the molecule is CC(C)(C)OC(=O)N1CC(=O)Nc2ccc(N=C=O)cc2C1. The standard InChI is InChI=1S/C15H17N3O4/c1-15(2,3)22-14(21)18-7-10-6-11(16-9-19)4-5-12(10)17-13(20)8-18/h4-6H,7-8H2,1-3H3,(H,17,20). The molecule has 1 aliphatic rings. The molecule has 0 fully saturated rings. The second kappa shape index (κ2) is 5.99. The summed E-state index contributed by atoms with van der Waals surface area (Å²) < 4.78 is 5.30. The fourth-order valence-electron chi connectivity index (χ4n) is 2.04. The van der Waals surface area contributed by atoms with Crippen LogP contribution in [0.1, 0.15) is 26.3 Å². The third kappa shape index (κ3) is 3.93. The van der Waals surface area contributed by atoms with Crippen molar-refractivity contribution in [3.8, 4) is 0 Å². The van der Waals surface area contributed by atoms with Crippen LogP contribution in [0, 0.1) is 0 Å². The zero-order chi connectivity index (χ0) is 16.3. The molecule has 1 aliphatic heterocycles. The van der Waals surface area contributed by atoms with Crippen molar-refractivity contribution in [1.29, 1.82) is 0 Å². The Morgan fingerprint density at radius 3 is 2.73 bits per heavy atom. The van der Waals surface area contributed by atoms with Gasteiger partial charge in [-0.1, -0.05) is 0 Å². The summed E-state index contributed by atoms with van der Waals surface area (Å²) in [7, 11) is 0. The Morgan fingerprint density at radius 2 is 2.09 bits per heavy atom. The van der Waals surface area contributed by atoms with Crippen molar-refractivity contribution >= 4 is 29.5 Å². The first-order valence-electron chi connectivity index (χ1n) is 6.77. The van der Waals surface area contributed by atoms with Gasteiger partial charge in [0.15, 0.2) is 0 Å². The minimum atomic E-state index is -0.646. The maximum atomic E-state index is 12.2. The molecule has 0 spiro atoms. The van der Waals surface area contributed by atoms with Crippen LogP contribution >= 0.6 is 0 Å². The molecule has 1 heterocycles. The second-order valence-corrected chi connectivity index (χ2v) is 5.93. The molecule has 0 radical (unpaired) electrons. The van der Waals surface area contributed by atoms with Crippen LogP contribution in [-0.4, -0.2) is 35.1 Å². The highest BCUT2D eigenvalue weighted by atomic mass is 16.6. The number of carbonyl (C=O) groups excluding carboxylic acids is 3. The normalized spacial score (nSPS) is 14.3. The number of benzene rings is 1. The van der Waals surface area contributed by atoms with Gasteiger partial charge < -0.3 is 10.1 Å². The molecular weight excluding hydrogens is 286 g/mol. The number of hydrogen-bond acceptors (Lipinski definition) is 5. The van der Waals surface area contributed by atoms with Gasteiger partial charge in [0.25, 0.3) is 0 Å². The van der Waals surface area contributed by atoms with E-state index < -0.39 is 11.7 Å². The number of carbonyl (C=O) groups is 2.